The average molecular weight is 249 g/mol. The first-order chi connectivity index (χ1) is 8.24. The maximum atomic E-state index is 5.89. The highest BCUT2D eigenvalue weighted by Crippen LogP contribution is 2.35. The van der Waals surface area contributed by atoms with Gasteiger partial charge in [-0.2, -0.15) is 5.10 Å². The third kappa shape index (κ3) is 2.17. The monoisotopic (exact) mass is 248 g/mol. The van der Waals surface area contributed by atoms with Gasteiger partial charge in [-0.1, -0.05) is 11.6 Å². The number of aromatic nitrogens is 4. The molecule has 4 nitrogen and oxygen atoms in total. The zero-order chi connectivity index (χ0) is 11.8. The molecular weight excluding hydrogens is 236 g/mol. The second-order valence-electron chi connectivity index (χ2n) is 4.50. The van der Waals surface area contributed by atoms with Crippen LogP contribution in [0, 0.1) is 5.92 Å². The third-order valence-electron chi connectivity index (χ3n) is 3.15. The van der Waals surface area contributed by atoms with Crippen LogP contribution < -0.4 is 0 Å². The first-order valence-electron chi connectivity index (χ1n) is 5.73. The van der Waals surface area contributed by atoms with E-state index in [1.54, 1.807) is 6.07 Å². The van der Waals surface area contributed by atoms with Gasteiger partial charge in [-0.3, -0.25) is 4.68 Å². The highest BCUT2D eigenvalue weighted by molar-refractivity contribution is 6.29. The fourth-order valence-electron chi connectivity index (χ4n) is 2.00. The predicted molar refractivity (Wildman–Crippen MR) is 65.7 cm³/mol. The van der Waals surface area contributed by atoms with E-state index in [4.69, 9.17) is 11.6 Å². The van der Waals surface area contributed by atoms with Gasteiger partial charge in [0, 0.05) is 24.4 Å². The van der Waals surface area contributed by atoms with E-state index in [9.17, 15) is 0 Å². The van der Waals surface area contributed by atoms with Gasteiger partial charge in [0.05, 0.1) is 11.9 Å². The Morgan fingerprint density at radius 2 is 2.24 bits per heavy atom. The van der Waals surface area contributed by atoms with Crippen molar-refractivity contribution in [2.75, 3.05) is 0 Å². The maximum Gasteiger partial charge on any atom is 0.133 e. The lowest BCUT2D eigenvalue weighted by Crippen LogP contribution is -2.01. The van der Waals surface area contributed by atoms with Crippen molar-refractivity contribution in [1.82, 2.24) is 19.7 Å². The summed E-state index contributed by atoms with van der Waals surface area (Å²) in [5.74, 6) is 0.821. The maximum absolute atomic E-state index is 5.89. The molecule has 0 unspecified atom stereocenters. The molecule has 0 bridgehead atoms. The number of rotatable bonds is 3. The summed E-state index contributed by atoms with van der Waals surface area (Å²) in [6.07, 6.45) is 7.08. The molecule has 88 valence electrons. The van der Waals surface area contributed by atoms with Crippen LogP contribution in [0.1, 0.15) is 18.5 Å². The van der Waals surface area contributed by atoms with Crippen LogP contribution >= 0.6 is 11.6 Å². The highest BCUT2D eigenvalue weighted by atomic mass is 35.5. The van der Waals surface area contributed by atoms with Crippen molar-refractivity contribution >= 4 is 11.6 Å². The summed E-state index contributed by atoms with van der Waals surface area (Å²) in [6.45, 7) is 0. The second-order valence-corrected chi connectivity index (χ2v) is 4.89. The lowest BCUT2D eigenvalue weighted by molar-refractivity contribution is 0.677. The van der Waals surface area contributed by atoms with E-state index >= 15 is 0 Å². The molecule has 0 saturated heterocycles. The number of nitrogens with zero attached hydrogens (tertiary/aromatic N) is 4. The van der Waals surface area contributed by atoms with Crippen molar-refractivity contribution in [3.05, 3.63) is 29.4 Å². The van der Waals surface area contributed by atoms with Crippen molar-refractivity contribution in [2.45, 2.75) is 19.3 Å². The molecule has 0 atom stereocenters. The fraction of sp³-hybridized carbons (Fsp3) is 0.417. The van der Waals surface area contributed by atoms with E-state index < -0.39 is 0 Å². The van der Waals surface area contributed by atoms with Gasteiger partial charge in [-0.05, 0) is 25.2 Å². The van der Waals surface area contributed by atoms with Crippen LogP contribution in [0.25, 0.3) is 11.3 Å². The van der Waals surface area contributed by atoms with E-state index in [1.807, 2.05) is 17.9 Å². The van der Waals surface area contributed by atoms with Crippen LogP contribution in [0.5, 0.6) is 0 Å². The number of hydrogen-bond acceptors (Lipinski definition) is 3. The van der Waals surface area contributed by atoms with Gasteiger partial charge in [0.1, 0.15) is 11.5 Å². The van der Waals surface area contributed by atoms with Crippen LogP contribution in [0.2, 0.25) is 5.15 Å². The van der Waals surface area contributed by atoms with Gasteiger partial charge < -0.3 is 0 Å². The minimum absolute atomic E-state index is 0.469. The summed E-state index contributed by atoms with van der Waals surface area (Å²) in [7, 11) is 1.98. The van der Waals surface area contributed by atoms with Crippen LogP contribution in [0.15, 0.2) is 18.6 Å². The zero-order valence-electron chi connectivity index (χ0n) is 9.60. The molecule has 0 radical (unpaired) electrons. The molecule has 0 amide bonds. The molecule has 2 aromatic rings. The van der Waals surface area contributed by atoms with Crippen LogP contribution in [-0.4, -0.2) is 19.7 Å². The van der Waals surface area contributed by atoms with Crippen LogP contribution in [0.4, 0.5) is 0 Å². The fourth-order valence-corrected chi connectivity index (χ4v) is 2.14. The van der Waals surface area contributed by atoms with Gasteiger partial charge in [0.25, 0.3) is 0 Å². The lowest BCUT2D eigenvalue weighted by atomic mass is 10.1. The van der Waals surface area contributed by atoms with Crippen molar-refractivity contribution in [2.24, 2.45) is 13.0 Å². The third-order valence-corrected chi connectivity index (χ3v) is 3.36. The van der Waals surface area contributed by atoms with E-state index in [0.717, 1.165) is 23.6 Å². The van der Waals surface area contributed by atoms with Crippen molar-refractivity contribution in [3.63, 3.8) is 0 Å². The van der Waals surface area contributed by atoms with Gasteiger partial charge >= 0.3 is 0 Å². The molecule has 2 heterocycles. The molecule has 1 fully saturated rings. The van der Waals surface area contributed by atoms with Gasteiger partial charge in [-0.15, -0.1) is 0 Å². The standard InChI is InChI=1S/C12H13ClN4/c1-17-11(4-8-2-3-8)9(6-16-17)10-5-12(13)15-7-14-10/h5-8H,2-4H2,1H3. The minimum Gasteiger partial charge on any atom is -0.272 e. The van der Waals surface area contributed by atoms with E-state index in [1.165, 1.54) is 24.9 Å². The lowest BCUT2D eigenvalue weighted by Gasteiger charge is -2.04. The summed E-state index contributed by atoms with van der Waals surface area (Å²) in [4.78, 5) is 8.16. The average Bonchev–Trinajstić information content (AvgIpc) is 3.04. The molecule has 0 N–H and O–H groups in total. The molecule has 0 aromatic carbocycles. The Balaban J connectivity index is 2.01. The minimum atomic E-state index is 0.469. The summed E-state index contributed by atoms with van der Waals surface area (Å²) in [6, 6.07) is 1.79. The summed E-state index contributed by atoms with van der Waals surface area (Å²) in [5, 5.41) is 4.79. The Morgan fingerprint density at radius 3 is 2.94 bits per heavy atom. The van der Waals surface area contributed by atoms with Gasteiger partial charge in [-0.25, -0.2) is 9.97 Å². The molecule has 3 rings (SSSR count). The number of halogens is 1. The van der Waals surface area contributed by atoms with Crippen molar-refractivity contribution < 1.29 is 0 Å². The normalized spacial score (nSPS) is 15.2. The molecule has 1 aliphatic carbocycles. The smallest absolute Gasteiger partial charge is 0.133 e. The molecule has 0 spiro atoms. The first kappa shape index (κ1) is 10.7. The van der Waals surface area contributed by atoms with E-state index in [2.05, 4.69) is 15.1 Å². The summed E-state index contributed by atoms with van der Waals surface area (Å²) in [5.41, 5.74) is 3.17. The molecule has 0 aliphatic heterocycles. The van der Waals surface area contributed by atoms with Crippen molar-refractivity contribution in [1.29, 1.82) is 0 Å². The molecule has 5 heteroatoms. The predicted octanol–water partition coefficient (Wildman–Crippen LogP) is 2.48. The number of hydrogen-bond donors (Lipinski definition) is 0. The van der Waals surface area contributed by atoms with Crippen molar-refractivity contribution in [3.8, 4) is 11.3 Å². The molecule has 2 aromatic heterocycles. The van der Waals surface area contributed by atoms with Crippen LogP contribution in [0.3, 0.4) is 0 Å². The van der Waals surface area contributed by atoms with Crippen LogP contribution in [-0.2, 0) is 13.5 Å². The topological polar surface area (TPSA) is 43.6 Å². The second kappa shape index (κ2) is 4.11. The van der Waals surface area contributed by atoms with E-state index in [0.29, 0.717) is 5.15 Å². The van der Waals surface area contributed by atoms with E-state index in [-0.39, 0.29) is 0 Å². The molecular formula is C12H13ClN4. The quantitative estimate of drug-likeness (QED) is 0.784. The Morgan fingerprint density at radius 1 is 1.41 bits per heavy atom. The Kier molecular flexibility index (Phi) is 2.59. The molecule has 1 saturated carbocycles. The SMILES string of the molecule is Cn1ncc(-c2cc(Cl)ncn2)c1CC1CC1. The largest absolute Gasteiger partial charge is 0.272 e. The Hall–Kier alpha value is -1.42. The first-order valence-corrected chi connectivity index (χ1v) is 6.10. The zero-order valence-corrected chi connectivity index (χ0v) is 10.4. The molecule has 17 heavy (non-hydrogen) atoms. The molecule has 1 aliphatic rings. The Labute approximate surface area is 105 Å². The number of aryl methyl sites for hydroxylation is 1. The van der Waals surface area contributed by atoms with Gasteiger partial charge in [0.2, 0.25) is 0 Å². The highest BCUT2D eigenvalue weighted by Gasteiger charge is 2.25. The van der Waals surface area contributed by atoms with Gasteiger partial charge in [0.15, 0.2) is 0 Å². The summed E-state index contributed by atoms with van der Waals surface area (Å²) < 4.78 is 1.93. The Bertz CT molecular complexity index is 545. The summed E-state index contributed by atoms with van der Waals surface area (Å²) >= 11 is 5.89.